The van der Waals surface area contributed by atoms with E-state index in [1.54, 1.807) is 0 Å². The van der Waals surface area contributed by atoms with Gasteiger partial charge in [0.1, 0.15) is 0 Å². The molecule has 1 aromatic carbocycles. The van der Waals surface area contributed by atoms with Gasteiger partial charge in [-0.15, -0.1) is 0 Å². The second kappa shape index (κ2) is 5.36. The molecule has 0 spiro atoms. The molecule has 1 aromatic heterocycles. The van der Waals surface area contributed by atoms with Gasteiger partial charge in [-0.1, -0.05) is 17.2 Å². The summed E-state index contributed by atoms with van der Waals surface area (Å²) in [7, 11) is 4.04. The van der Waals surface area contributed by atoms with Crippen LogP contribution in [0.5, 0.6) is 0 Å². The van der Waals surface area contributed by atoms with Crippen LogP contribution in [-0.4, -0.2) is 23.1 Å². The van der Waals surface area contributed by atoms with E-state index in [1.165, 1.54) is 22.4 Å². The van der Waals surface area contributed by atoms with Crippen LogP contribution in [0.15, 0.2) is 24.5 Å². The first-order valence-electron chi connectivity index (χ1n) is 6.35. The van der Waals surface area contributed by atoms with Crippen molar-refractivity contribution in [3.63, 3.8) is 0 Å². The molecule has 3 heteroatoms. The predicted octanol–water partition coefficient (Wildman–Crippen LogP) is 2.47. The second-order valence-corrected chi connectivity index (χ2v) is 4.88. The Bertz CT molecular complexity index is 520. The summed E-state index contributed by atoms with van der Waals surface area (Å²) in [6.07, 6.45) is 2.90. The van der Waals surface area contributed by atoms with Crippen LogP contribution < -0.4 is 5.32 Å². The van der Waals surface area contributed by atoms with Crippen molar-refractivity contribution < 1.29 is 0 Å². The number of hydrogen-bond acceptors (Lipinski definition) is 2. The van der Waals surface area contributed by atoms with Crippen LogP contribution in [0.4, 0.5) is 0 Å². The molecule has 0 saturated carbocycles. The smallest absolute Gasteiger partial charge is 0.0953 e. The fourth-order valence-corrected chi connectivity index (χ4v) is 2.35. The third kappa shape index (κ3) is 2.62. The van der Waals surface area contributed by atoms with Gasteiger partial charge in [-0.3, -0.25) is 0 Å². The Kier molecular flexibility index (Phi) is 3.82. The van der Waals surface area contributed by atoms with Gasteiger partial charge in [0.05, 0.1) is 12.0 Å². The zero-order valence-electron chi connectivity index (χ0n) is 11.6. The van der Waals surface area contributed by atoms with Crippen molar-refractivity contribution in [1.82, 2.24) is 14.9 Å². The van der Waals surface area contributed by atoms with Crippen LogP contribution in [0.25, 0.3) is 11.3 Å². The minimum Gasteiger partial charge on any atom is -0.337 e. The maximum Gasteiger partial charge on any atom is 0.0953 e. The fraction of sp³-hybridized carbons (Fsp3) is 0.400. The lowest BCUT2D eigenvalue weighted by atomic mass is 10.0. The normalized spacial score (nSPS) is 10.9. The lowest BCUT2D eigenvalue weighted by Crippen LogP contribution is -2.12. The standard InChI is InChI=1S/C15H21N3/c1-11-7-12(2)9-13(8-11)15-14(5-6-16-3)18(4)10-17-15/h7-10,16H,5-6H2,1-4H3. The molecule has 0 saturated heterocycles. The third-order valence-electron chi connectivity index (χ3n) is 3.17. The minimum atomic E-state index is 0.970. The molecule has 0 aliphatic heterocycles. The van der Waals surface area contributed by atoms with Crippen LogP contribution in [0, 0.1) is 13.8 Å². The highest BCUT2D eigenvalue weighted by molar-refractivity contribution is 5.64. The van der Waals surface area contributed by atoms with E-state index >= 15 is 0 Å². The summed E-state index contributed by atoms with van der Waals surface area (Å²) in [5, 5.41) is 3.19. The molecule has 0 fully saturated rings. The number of aryl methyl sites for hydroxylation is 3. The first kappa shape index (κ1) is 12.8. The number of hydrogen-bond donors (Lipinski definition) is 1. The summed E-state index contributed by atoms with van der Waals surface area (Å²) in [6.45, 7) is 5.23. The van der Waals surface area contributed by atoms with Crippen molar-refractivity contribution in [3.8, 4) is 11.3 Å². The first-order valence-corrected chi connectivity index (χ1v) is 6.35. The zero-order chi connectivity index (χ0) is 13.1. The largest absolute Gasteiger partial charge is 0.337 e. The summed E-state index contributed by atoms with van der Waals surface area (Å²) >= 11 is 0. The van der Waals surface area contributed by atoms with E-state index in [0.717, 1.165) is 18.7 Å². The van der Waals surface area contributed by atoms with Gasteiger partial charge < -0.3 is 9.88 Å². The molecule has 0 aliphatic carbocycles. The SMILES string of the molecule is CNCCc1c(-c2cc(C)cc(C)c2)ncn1C. The highest BCUT2D eigenvalue weighted by Crippen LogP contribution is 2.24. The molecule has 3 nitrogen and oxygen atoms in total. The highest BCUT2D eigenvalue weighted by atomic mass is 15.0. The van der Waals surface area contributed by atoms with Crippen molar-refractivity contribution in [2.45, 2.75) is 20.3 Å². The zero-order valence-corrected chi connectivity index (χ0v) is 11.6. The van der Waals surface area contributed by atoms with Crippen molar-refractivity contribution in [2.24, 2.45) is 7.05 Å². The highest BCUT2D eigenvalue weighted by Gasteiger charge is 2.11. The van der Waals surface area contributed by atoms with Crippen molar-refractivity contribution in [2.75, 3.05) is 13.6 Å². The summed E-state index contributed by atoms with van der Waals surface area (Å²) in [6, 6.07) is 6.61. The van der Waals surface area contributed by atoms with E-state index in [-0.39, 0.29) is 0 Å². The molecule has 2 aromatic rings. The molecule has 1 N–H and O–H groups in total. The van der Waals surface area contributed by atoms with Gasteiger partial charge in [-0.2, -0.15) is 0 Å². The Morgan fingerprint density at radius 1 is 1.17 bits per heavy atom. The Morgan fingerprint density at radius 2 is 1.83 bits per heavy atom. The third-order valence-corrected chi connectivity index (χ3v) is 3.17. The van der Waals surface area contributed by atoms with E-state index in [0.29, 0.717) is 0 Å². The summed E-state index contributed by atoms with van der Waals surface area (Å²) in [5.74, 6) is 0. The van der Waals surface area contributed by atoms with E-state index in [9.17, 15) is 0 Å². The van der Waals surface area contributed by atoms with Gasteiger partial charge in [-0.25, -0.2) is 4.98 Å². The number of imidazole rings is 1. The molecule has 2 rings (SSSR count). The van der Waals surface area contributed by atoms with Crippen LogP contribution in [0.2, 0.25) is 0 Å². The Balaban J connectivity index is 2.43. The monoisotopic (exact) mass is 243 g/mol. The van der Waals surface area contributed by atoms with Gasteiger partial charge in [0.25, 0.3) is 0 Å². The quantitative estimate of drug-likeness (QED) is 0.894. The molecule has 0 atom stereocenters. The van der Waals surface area contributed by atoms with Gasteiger partial charge >= 0.3 is 0 Å². The molecular formula is C15H21N3. The summed E-state index contributed by atoms with van der Waals surface area (Å²) < 4.78 is 2.12. The Labute approximate surface area is 109 Å². The van der Waals surface area contributed by atoms with Gasteiger partial charge in [0.15, 0.2) is 0 Å². The Morgan fingerprint density at radius 3 is 2.44 bits per heavy atom. The average Bonchev–Trinajstić information content (AvgIpc) is 2.67. The number of likely N-dealkylation sites (N-methyl/N-ethyl adjacent to an activating group) is 1. The summed E-state index contributed by atoms with van der Waals surface area (Å²) in [4.78, 5) is 4.56. The van der Waals surface area contributed by atoms with Crippen LogP contribution in [0.1, 0.15) is 16.8 Å². The van der Waals surface area contributed by atoms with Crippen molar-refractivity contribution in [3.05, 3.63) is 41.3 Å². The van der Waals surface area contributed by atoms with Crippen LogP contribution in [0.3, 0.4) is 0 Å². The molecule has 96 valence electrons. The van der Waals surface area contributed by atoms with Crippen LogP contribution in [-0.2, 0) is 13.5 Å². The summed E-state index contributed by atoms with van der Waals surface area (Å²) in [5.41, 5.74) is 6.19. The molecule has 0 amide bonds. The predicted molar refractivity (Wildman–Crippen MR) is 75.7 cm³/mol. The lowest BCUT2D eigenvalue weighted by Gasteiger charge is -2.08. The number of benzene rings is 1. The number of nitrogens with zero attached hydrogens (tertiary/aromatic N) is 2. The van der Waals surface area contributed by atoms with E-state index in [4.69, 9.17) is 0 Å². The molecule has 1 heterocycles. The number of rotatable bonds is 4. The first-order chi connectivity index (χ1) is 8.61. The molecular weight excluding hydrogens is 222 g/mol. The van der Waals surface area contributed by atoms with E-state index in [1.807, 2.05) is 13.4 Å². The minimum absolute atomic E-state index is 0.970. The van der Waals surface area contributed by atoms with Gasteiger partial charge in [0, 0.05) is 31.3 Å². The van der Waals surface area contributed by atoms with E-state index < -0.39 is 0 Å². The Hall–Kier alpha value is -1.61. The molecule has 0 unspecified atom stereocenters. The molecule has 0 aliphatic rings. The van der Waals surface area contributed by atoms with Crippen molar-refractivity contribution in [1.29, 1.82) is 0 Å². The molecule has 18 heavy (non-hydrogen) atoms. The van der Waals surface area contributed by atoms with Crippen molar-refractivity contribution >= 4 is 0 Å². The fourth-order valence-electron chi connectivity index (χ4n) is 2.35. The van der Waals surface area contributed by atoms with Gasteiger partial charge in [0.2, 0.25) is 0 Å². The maximum absolute atomic E-state index is 4.56. The number of aromatic nitrogens is 2. The topological polar surface area (TPSA) is 29.9 Å². The van der Waals surface area contributed by atoms with E-state index in [2.05, 4.69) is 54.0 Å². The molecule has 0 bridgehead atoms. The van der Waals surface area contributed by atoms with Gasteiger partial charge in [-0.05, 0) is 33.0 Å². The number of nitrogens with one attached hydrogen (secondary N) is 1. The molecule has 0 radical (unpaired) electrons. The average molecular weight is 243 g/mol. The second-order valence-electron chi connectivity index (χ2n) is 4.88. The maximum atomic E-state index is 4.56. The van der Waals surface area contributed by atoms with Crippen LogP contribution >= 0.6 is 0 Å². The lowest BCUT2D eigenvalue weighted by molar-refractivity contribution is 0.738.